The fourth-order valence-electron chi connectivity index (χ4n) is 2.59. The van der Waals surface area contributed by atoms with Crippen LogP contribution in [0.25, 0.3) is 0 Å². The molecule has 7 nitrogen and oxygen atoms in total. The average Bonchev–Trinajstić information content (AvgIpc) is 3.05. The first kappa shape index (κ1) is 21.0. The fourth-order valence-corrected chi connectivity index (χ4v) is 3.42. The molecule has 0 atom stereocenters. The monoisotopic (exact) mass is 431 g/mol. The smallest absolute Gasteiger partial charge is 0.230 e. The van der Waals surface area contributed by atoms with Gasteiger partial charge in [0.25, 0.3) is 0 Å². The Kier molecular flexibility index (Phi) is 7.00. The second-order valence-electron chi connectivity index (χ2n) is 6.52. The van der Waals surface area contributed by atoms with Crippen LogP contribution in [-0.4, -0.2) is 26.5 Å². The molecule has 2 aromatic carbocycles. The molecular weight excluding hydrogens is 410 g/mol. The van der Waals surface area contributed by atoms with Crippen molar-refractivity contribution in [1.29, 1.82) is 0 Å². The van der Waals surface area contributed by atoms with E-state index >= 15 is 0 Å². The van der Waals surface area contributed by atoms with Gasteiger partial charge in [-0.05, 0) is 43.2 Å². The first-order valence-corrected chi connectivity index (χ1v) is 10.3. The minimum absolute atomic E-state index is 0.124. The molecule has 3 N–H and O–H groups in total. The minimum Gasteiger partial charge on any atom is -0.485 e. The molecule has 0 aliphatic heterocycles. The first-order chi connectivity index (χ1) is 13.9. The summed E-state index contributed by atoms with van der Waals surface area (Å²) >= 11 is 7.07. The van der Waals surface area contributed by atoms with Gasteiger partial charge in [0.2, 0.25) is 11.1 Å². The zero-order valence-electron chi connectivity index (χ0n) is 16.2. The maximum Gasteiger partial charge on any atom is 0.230 e. The molecule has 0 spiro atoms. The minimum atomic E-state index is -0.124. The summed E-state index contributed by atoms with van der Waals surface area (Å²) < 4.78 is 7.14. The summed E-state index contributed by atoms with van der Waals surface area (Å²) in [5, 5.41) is 12.1. The second kappa shape index (κ2) is 9.67. The van der Waals surface area contributed by atoms with Crippen LogP contribution in [0.15, 0.2) is 47.6 Å². The van der Waals surface area contributed by atoms with E-state index in [1.54, 1.807) is 12.1 Å². The third-order valence-electron chi connectivity index (χ3n) is 4.16. The molecule has 0 aliphatic carbocycles. The topological polar surface area (TPSA) is 95.1 Å². The molecule has 0 bridgehead atoms. The number of carbonyl (C=O) groups is 1. The number of thioether (sulfide) groups is 1. The van der Waals surface area contributed by atoms with Gasteiger partial charge in [-0.25, -0.2) is 4.68 Å². The van der Waals surface area contributed by atoms with Crippen LogP contribution in [0.1, 0.15) is 22.5 Å². The lowest BCUT2D eigenvalue weighted by Gasteiger charge is -2.09. The predicted octanol–water partition coefficient (Wildman–Crippen LogP) is 3.25. The molecule has 29 heavy (non-hydrogen) atoms. The third kappa shape index (κ3) is 5.88. The van der Waals surface area contributed by atoms with Crippen molar-refractivity contribution < 1.29 is 9.53 Å². The Labute approximate surface area is 178 Å². The molecule has 0 saturated carbocycles. The molecular formula is C20H22ClN5O2S. The number of amides is 1. The maximum absolute atomic E-state index is 12.1. The highest BCUT2D eigenvalue weighted by atomic mass is 35.5. The van der Waals surface area contributed by atoms with Gasteiger partial charge < -0.3 is 15.9 Å². The SMILES string of the molecule is Cc1ccc(OCc2nnc(SCC(=O)NCc3ccc(Cl)cc3)n2N)c(C)c1. The Hall–Kier alpha value is -2.71. The van der Waals surface area contributed by atoms with E-state index in [1.165, 1.54) is 22.0 Å². The zero-order chi connectivity index (χ0) is 20.8. The van der Waals surface area contributed by atoms with Crippen molar-refractivity contribution in [2.75, 3.05) is 11.6 Å². The van der Waals surface area contributed by atoms with Crippen molar-refractivity contribution in [3.05, 3.63) is 70.0 Å². The number of aromatic nitrogens is 3. The number of rotatable bonds is 8. The number of benzene rings is 2. The van der Waals surface area contributed by atoms with Crippen molar-refractivity contribution in [3.8, 4) is 5.75 Å². The summed E-state index contributed by atoms with van der Waals surface area (Å²) in [6.45, 7) is 4.64. The van der Waals surface area contributed by atoms with Crippen LogP contribution in [0.2, 0.25) is 5.02 Å². The van der Waals surface area contributed by atoms with E-state index < -0.39 is 0 Å². The number of hydrogen-bond donors (Lipinski definition) is 2. The van der Waals surface area contributed by atoms with Gasteiger partial charge in [0.15, 0.2) is 5.82 Å². The number of nitrogens with one attached hydrogen (secondary N) is 1. The van der Waals surface area contributed by atoms with Gasteiger partial charge in [-0.3, -0.25) is 4.79 Å². The summed E-state index contributed by atoms with van der Waals surface area (Å²) in [6, 6.07) is 13.3. The zero-order valence-corrected chi connectivity index (χ0v) is 17.8. The molecule has 0 unspecified atom stereocenters. The predicted molar refractivity (Wildman–Crippen MR) is 114 cm³/mol. The number of halogens is 1. The number of nitrogen functional groups attached to an aromatic ring is 1. The molecule has 152 valence electrons. The van der Waals surface area contributed by atoms with Crippen LogP contribution in [0.5, 0.6) is 5.75 Å². The quantitative estimate of drug-likeness (QED) is 0.420. The first-order valence-electron chi connectivity index (χ1n) is 8.95. The number of nitrogens with zero attached hydrogens (tertiary/aromatic N) is 3. The van der Waals surface area contributed by atoms with Crippen LogP contribution in [0, 0.1) is 13.8 Å². The van der Waals surface area contributed by atoms with Crippen LogP contribution in [0.3, 0.4) is 0 Å². The highest BCUT2D eigenvalue weighted by molar-refractivity contribution is 7.99. The van der Waals surface area contributed by atoms with Crippen LogP contribution in [0.4, 0.5) is 0 Å². The highest BCUT2D eigenvalue weighted by Crippen LogP contribution is 2.20. The Morgan fingerprint density at radius 1 is 1.21 bits per heavy atom. The normalized spacial score (nSPS) is 10.7. The lowest BCUT2D eigenvalue weighted by Crippen LogP contribution is -2.25. The summed E-state index contributed by atoms with van der Waals surface area (Å²) in [5.41, 5.74) is 3.19. The molecule has 9 heteroatoms. The van der Waals surface area contributed by atoms with Crippen molar-refractivity contribution in [2.24, 2.45) is 0 Å². The van der Waals surface area contributed by atoms with Gasteiger partial charge in [0, 0.05) is 11.6 Å². The standard InChI is InChI=1S/C20H22ClN5O2S/c1-13-3-8-17(14(2)9-13)28-11-18-24-25-20(26(18)22)29-12-19(27)23-10-15-4-6-16(21)7-5-15/h3-9H,10-12,22H2,1-2H3,(H,23,27). The van der Waals surface area contributed by atoms with Crippen LogP contribution < -0.4 is 15.9 Å². The molecule has 1 heterocycles. The Morgan fingerprint density at radius 3 is 2.69 bits per heavy atom. The molecule has 3 aromatic rings. The molecule has 0 saturated heterocycles. The van der Waals surface area contributed by atoms with Gasteiger partial charge in [0.1, 0.15) is 12.4 Å². The van der Waals surface area contributed by atoms with Crippen molar-refractivity contribution in [2.45, 2.75) is 32.2 Å². The second-order valence-corrected chi connectivity index (χ2v) is 7.90. The molecule has 3 rings (SSSR count). The van der Waals surface area contributed by atoms with Crippen LogP contribution >= 0.6 is 23.4 Å². The summed E-state index contributed by atoms with van der Waals surface area (Å²) in [6.07, 6.45) is 0. The van der Waals surface area contributed by atoms with Crippen LogP contribution in [-0.2, 0) is 17.9 Å². The number of ether oxygens (including phenoxy) is 1. The van der Waals surface area contributed by atoms with Gasteiger partial charge in [-0.1, -0.05) is 53.2 Å². The Balaban J connectivity index is 1.48. The van der Waals surface area contributed by atoms with Gasteiger partial charge in [-0.15, -0.1) is 10.2 Å². The van der Waals surface area contributed by atoms with E-state index in [2.05, 4.69) is 15.5 Å². The number of carbonyl (C=O) groups excluding carboxylic acids is 1. The number of hydrogen-bond acceptors (Lipinski definition) is 6. The van der Waals surface area contributed by atoms with Crippen molar-refractivity contribution >= 4 is 29.3 Å². The molecule has 0 aliphatic rings. The summed E-state index contributed by atoms with van der Waals surface area (Å²) in [4.78, 5) is 12.1. The van der Waals surface area contributed by atoms with E-state index in [1.807, 2.05) is 44.2 Å². The van der Waals surface area contributed by atoms with E-state index in [-0.39, 0.29) is 18.3 Å². The summed E-state index contributed by atoms with van der Waals surface area (Å²) in [5.74, 6) is 7.35. The Bertz CT molecular complexity index is 991. The van der Waals surface area contributed by atoms with Gasteiger partial charge in [-0.2, -0.15) is 0 Å². The molecule has 0 radical (unpaired) electrons. The lowest BCUT2D eigenvalue weighted by molar-refractivity contribution is -0.118. The third-order valence-corrected chi connectivity index (χ3v) is 5.35. The molecule has 1 aromatic heterocycles. The van der Waals surface area contributed by atoms with E-state index in [0.717, 1.165) is 16.9 Å². The van der Waals surface area contributed by atoms with Gasteiger partial charge in [0.05, 0.1) is 5.75 Å². The maximum atomic E-state index is 12.1. The number of nitrogens with two attached hydrogens (primary N) is 1. The van der Waals surface area contributed by atoms with E-state index in [9.17, 15) is 4.79 Å². The highest BCUT2D eigenvalue weighted by Gasteiger charge is 2.13. The number of aryl methyl sites for hydroxylation is 2. The van der Waals surface area contributed by atoms with Gasteiger partial charge >= 0.3 is 0 Å². The molecule has 0 fully saturated rings. The Morgan fingerprint density at radius 2 is 1.97 bits per heavy atom. The van der Waals surface area contributed by atoms with Crippen molar-refractivity contribution in [1.82, 2.24) is 20.2 Å². The van der Waals surface area contributed by atoms with Crippen molar-refractivity contribution in [3.63, 3.8) is 0 Å². The average molecular weight is 432 g/mol. The largest absolute Gasteiger partial charge is 0.485 e. The van der Waals surface area contributed by atoms with E-state index in [0.29, 0.717) is 22.5 Å². The summed E-state index contributed by atoms with van der Waals surface area (Å²) in [7, 11) is 0. The fraction of sp³-hybridized carbons (Fsp3) is 0.250. The molecule has 1 amide bonds. The lowest BCUT2D eigenvalue weighted by atomic mass is 10.1. The van der Waals surface area contributed by atoms with E-state index in [4.69, 9.17) is 22.2 Å².